The predicted octanol–water partition coefficient (Wildman–Crippen LogP) is 2.92. The minimum atomic E-state index is 0.201. The fraction of sp³-hybridized carbons (Fsp3) is 0.500. The first-order chi connectivity index (χ1) is 9.97. The van der Waals surface area contributed by atoms with Gasteiger partial charge in [-0.1, -0.05) is 31.5 Å². The van der Waals surface area contributed by atoms with Crippen LogP contribution in [-0.2, 0) is 19.9 Å². The van der Waals surface area contributed by atoms with Gasteiger partial charge in [0, 0.05) is 31.1 Å². The van der Waals surface area contributed by atoms with E-state index in [1.165, 1.54) is 11.1 Å². The van der Waals surface area contributed by atoms with E-state index in [-0.39, 0.29) is 5.41 Å². The number of hydrogen-bond donors (Lipinski definition) is 1. The van der Waals surface area contributed by atoms with Gasteiger partial charge in [-0.15, -0.1) is 10.2 Å². The molecule has 0 spiro atoms. The molecule has 4 nitrogen and oxygen atoms in total. The molecule has 1 aromatic carbocycles. The first-order valence-corrected chi connectivity index (χ1v) is 7.70. The molecular weight excluding hydrogens is 284 g/mol. The monoisotopic (exact) mass is 304 g/mol. The molecule has 5 heteroatoms. The summed E-state index contributed by atoms with van der Waals surface area (Å²) < 4.78 is 1.96. The van der Waals surface area contributed by atoms with E-state index in [2.05, 4.69) is 41.5 Å². The number of nitrogens with zero attached hydrogens (tertiary/aromatic N) is 3. The number of rotatable bonds is 4. The van der Waals surface area contributed by atoms with Gasteiger partial charge < -0.3 is 9.88 Å². The van der Waals surface area contributed by atoms with E-state index in [9.17, 15) is 0 Å². The highest BCUT2D eigenvalue weighted by atomic mass is 35.5. The van der Waals surface area contributed by atoms with Crippen LogP contribution in [0.5, 0.6) is 0 Å². The number of aromatic nitrogens is 3. The predicted molar refractivity (Wildman–Crippen MR) is 84.4 cm³/mol. The number of fused-ring (bicyclic) bond motifs is 1. The van der Waals surface area contributed by atoms with Crippen molar-refractivity contribution in [1.29, 1.82) is 0 Å². The molecule has 1 aliphatic carbocycles. The lowest BCUT2D eigenvalue weighted by atomic mass is 9.85. The number of nitrogens with one attached hydrogen (secondary N) is 1. The topological polar surface area (TPSA) is 42.7 Å². The maximum Gasteiger partial charge on any atom is 0.133 e. The second-order valence-corrected chi connectivity index (χ2v) is 6.94. The van der Waals surface area contributed by atoms with Crippen LogP contribution in [0, 0.1) is 5.41 Å². The Balaban J connectivity index is 1.72. The maximum atomic E-state index is 6.17. The van der Waals surface area contributed by atoms with Gasteiger partial charge in [0.2, 0.25) is 0 Å². The van der Waals surface area contributed by atoms with Crippen LogP contribution in [-0.4, -0.2) is 21.3 Å². The van der Waals surface area contributed by atoms with E-state index < -0.39 is 0 Å². The third-order valence-electron chi connectivity index (χ3n) is 4.35. The summed E-state index contributed by atoms with van der Waals surface area (Å²) in [7, 11) is 1.98. The normalized spacial score (nSPS) is 19.7. The van der Waals surface area contributed by atoms with Crippen molar-refractivity contribution in [2.45, 2.75) is 32.7 Å². The lowest BCUT2D eigenvalue weighted by molar-refractivity contribution is 0.270. The highest BCUT2D eigenvalue weighted by Crippen LogP contribution is 2.45. The molecule has 0 bridgehead atoms. The molecule has 21 heavy (non-hydrogen) atoms. The SMILES string of the molecule is Cn1cnnc1CCNC1c2cc(Cl)ccc2CC1(C)C. The van der Waals surface area contributed by atoms with Crippen LogP contribution in [0.1, 0.15) is 36.8 Å². The van der Waals surface area contributed by atoms with Crippen LogP contribution in [0.3, 0.4) is 0 Å². The fourth-order valence-electron chi connectivity index (χ4n) is 3.26. The first kappa shape index (κ1) is 14.5. The average molecular weight is 305 g/mol. The number of benzene rings is 1. The Morgan fingerprint density at radius 1 is 1.43 bits per heavy atom. The molecule has 1 unspecified atom stereocenters. The minimum Gasteiger partial charge on any atom is -0.321 e. The van der Waals surface area contributed by atoms with E-state index in [0.29, 0.717) is 6.04 Å². The molecule has 0 radical (unpaired) electrons. The molecule has 1 aliphatic rings. The molecule has 1 atom stereocenters. The summed E-state index contributed by atoms with van der Waals surface area (Å²) in [5.74, 6) is 1.00. The molecule has 3 rings (SSSR count). The summed E-state index contributed by atoms with van der Waals surface area (Å²) in [6.07, 6.45) is 3.70. The Bertz CT molecular complexity index is 647. The highest BCUT2D eigenvalue weighted by molar-refractivity contribution is 6.30. The molecule has 0 amide bonds. The quantitative estimate of drug-likeness (QED) is 0.944. The van der Waals surface area contributed by atoms with Gasteiger partial charge in [-0.25, -0.2) is 0 Å². The van der Waals surface area contributed by atoms with Crippen molar-refractivity contribution in [2.75, 3.05) is 6.54 Å². The smallest absolute Gasteiger partial charge is 0.133 e. The number of hydrogen-bond acceptors (Lipinski definition) is 3. The number of aryl methyl sites for hydroxylation is 1. The average Bonchev–Trinajstić information content (AvgIpc) is 2.92. The van der Waals surface area contributed by atoms with Gasteiger partial charge >= 0.3 is 0 Å². The summed E-state index contributed by atoms with van der Waals surface area (Å²) in [6, 6.07) is 6.58. The summed E-state index contributed by atoms with van der Waals surface area (Å²) in [5.41, 5.74) is 2.94. The maximum absolute atomic E-state index is 6.17. The van der Waals surface area contributed by atoms with Crippen LogP contribution in [0.25, 0.3) is 0 Å². The van der Waals surface area contributed by atoms with E-state index in [1.54, 1.807) is 6.33 Å². The second-order valence-electron chi connectivity index (χ2n) is 6.50. The largest absolute Gasteiger partial charge is 0.321 e. The lowest BCUT2D eigenvalue weighted by Gasteiger charge is -2.28. The Morgan fingerprint density at radius 2 is 2.24 bits per heavy atom. The van der Waals surface area contributed by atoms with Gasteiger partial charge in [-0.05, 0) is 35.1 Å². The standard InChI is InChI=1S/C16H21ClN4/c1-16(2)9-11-4-5-12(17)8-13(11)15(16)18-7-6-14-20-19-10-21(14)3/h4-5,8,10,15,18H,6-7,9H2,1-3H3. The van der Waals surface area contributed by atoms with Crippen LogP contribution >= 0.6 is 11.6 Å². The molecular formula is C16H21ClN4. The molecule has 0 saturated carbocycles. The van der Waals surface area contributed by atoms with E-state index in [4.69, 9.17) is 11.6 Å². The zero-order chi connectivity index (χ0) is 15.0. The molecule has 0 saturated heterocycles. The third kappa shape index (κ3) is 2.83. The minimum absolute atomic E-state index is 0.201. The molecule has 1 heterocycles. The van der Waals surface area contributed by atoms with E-state index >= 15 is 0 Å². The molecule has 0 fully saturated rings. The third-order valence-corrected chi connectivity index (χ3v) is 4.58. The van der Waals surface area contributed by atoms with Crippen molar-refractivity contribution >= 4 is 11.6 Å². The van der Waals surface area contributed by atoms with Gasteiger partial charge in [0.25, 0.3) is 0 Å². The van der Waals surface area contributed by atoms with Crippen molar-refractivity contribution in [2.24, 2.45) is 12.5 Å². The van der Waals surface area contributed by atoms with Gasteiger partial charge in [0.15, 0.2) is 0 Å². The van der Waals surface area contributed by atoms with Crippen molar-refractivity contribution in [3.8, 4) is 0 Å². The fourth-order valence-corrected chi connectivity index (χ4v) is 3.44. The van der Waals surface area contributed by atoms with Crippen molar-refractivity contribution in [1.82, 2.24) is 20.1 Å². The first-order valence-electron chi connectivity index (χ1n) is 7.32. The van der Waals surface area contributed by atoms with Gasteiger partial charge in [-0.3, -0.25) is 0 Å². The summed E-state index contributed by atoms with van der Waals surface area (Å²) in [6.45, 7) is 5.49. The van der Waals surface area contributed by atoms with Crippen molar-refractivity contribution < 1.29 is 0 Å². The Hall–Kier alpha value is -1.39. The second kappa shape index (κ2) is 5.43. The van der Waals surface area contributed by atoms with Gasteiger partial charge in [0.05, 0.1) is 0 Å². The Labute approximate surface area is 130 Å². The molecule has 112 valence electrons. The van der Waals surface area contributed by atoms with E-state index in [1.807, 2.05) is 17.7 Å². The van der Waals surface area contributed by atoms with Crippen molar-refractivity contribution in [3.63, 3.8) is 0 Å². The zero-order valence-electron chi connectivity index (χ0n) is 12.7. The van der Waals surface area contributed by atoms with Gasteiger partial charge in [0.1, 0.15) is 12.2 Å². The molecule has 2 aromatic rings. The van der Waals surface area contributed by atoms with Crippen LogP contribution < -0.4 is 5.32 Å². The summed E-state index contributed by atoms with van der Waals surface area (Å²) in [4.78, 5) is 0. The Kier molecular flexibility index (Phi) is 3.76. The van der Waals surface area contributed by atoms with Crippen LogP contribution in [0.4, 0.5) is 0 Å². The van der Waals surface area contributed by atoms with E-state index in [0.717, 1.165) is 30.2 Å². The summed E-state index contributed by atoms with van der Waals surface area (Å²) >= 11 is 6.17. The molecule has 1 N–H and O–H groups in total. The zero-order valence-corrected chi connectivity index (χ0v) is 13.5. The summed E-state index contributed by atoms with van der Waals surface area (Å²) in [5, 5.41) is 12.5. The van der Waals surface area contributed by atoms with Crippen molar-refractivity contribution in [3.05, 3.63) is 46.5 Å². The highest BCUT2D eigenvalue weighted by Gasteiger charge is 2.38. The van der Waals surface area contributed by atoms with Crippen LogP contribution in [0.15, 0.2) is 24.5 Å². The molecule has 1 aromatic heterocycles. The van der Waals surface area contributed by atoms with Crippen LogP contribution in [0.2, 0.25) is 5.02 Å². The molecule has 0 aliphatic heterocycles. The number of halogens is 1. The Morgan fingerprint density at radius 3 is 2.95 bits per heavy atom. The van der Waals surface area contributed by atoms with Gasteiger partial charge in [-0.2, -0.15) is 0 Å². The lowest BCUT2D eigenvalue weighted by Crippen LogP contribution is -2.32.